The van der Waals surface area contributed by atoms with Crippen molar-refractivity contribution in [2.24, 2.45) is 0 Å². The summed E-state index contributed by atoms with van der Waals surface area (Å²) >= 11 is 0. The van der Waals surface area contributed by atoms with Gasteiger partial charge in [-0.1, -0.05) is 59.7 Å². The van der Waals surface area contributed by atoms with Crippen LogP contribution in [0.3, 0.4) is 0 Å². The van der Waals surface area contributed by atoms with E-state index in [2.05, 4.69) is 0 Å². The second-order valence-electron chi connectivity index (χ2n) is 8.55. The van der Waals surface area contributed by atoms with Crippen molar-refractivity contribution in [3.8, 4) is 11.1 Å². The summed E-state index contributed by atoms with van der Waals surface area (Å²) in [4.78, 5) is 0. The molecule has 0 unspecified atom stereocenters. The number of rotatable bonds is 1. The zero-order valence-electron chi connectivity index (χ0n) is 15.7. The van der Waals surface area contributed by atoms with E-state index in [9.17, 15) is 17.6 Å². The van der Waals surface area contributed by atoms with Crippen LogP contribution in [0.15, 0.2) is 18.2 Å². The Labute approximate surface area is 146 Å². The lowest BCUT2D eigenvalue weighted by atomic mass is 9.78. The van der Waals surface area contributed by atoms with E-state index in [0.717, 1.165) is 18.1 Å². The Bertz CT molecular complexity index is 760. The summed E-state index contributed by atoms with van der Waals surface area (Å²) in [5, 5.41) is 0. The van der Waals surface area contributed by atoms with Gasteiger partial charge in [-0.15, -0.1) is 0 Å². The van der Waals surface area contributed by atoms with Crippen molar-refractivity contribution in [1.82, 2.24) is 0 Å². The van der Waals surface area contributed by atoms with Gasteiger partial charge in [0.05, 0.1) is 5.56 Å². The van der Waals surface area contributed by atoms with E-state index >= 15 is 0 Å². The summed E-state index contributed by atoms with van der Waals surface area (Å²) in [7, 11) is 0. The average Bonchev–Trinajstić information content (AvgIpc) is 2.49. The van der Waals surface area contributed by atoms with Crippen molar-refractivity contribution in [2.45, 2.75) is 59.3 Å². The van der Waals surface area contributed by atoms with E-state index in [1.165, 1.54) is 0 Å². The molecule has 0 N–H and O–H groups in total. The van der Waals surface area contributed by atoms with E-state index in [0.29, 0.717) is 0 Å². The summed E-state index contributed by atoms with van der Waals surface area (Å²) < 4.78 is 56.9. The van der Waals surface area contributed by atoms with Gasteiger partial charge in [0.2, 0.25) is 0 Å². The molecule has 0 saturated heterocycles. The molecule has 0 aliphatic rings. The molecule has 0 saturated carbocycles. The standard InChI is InChI=1S/C21H24F4/c1-11-16(22)18(24)15(19(25)17(11)23)12-8-13(20(2,3)4)10-14(9-12)21(5,6)7/h8-10H,1-7H3. The van der Waals surface area contributed by atoms with Crippen molar-refractivity contribution in [3.63, 3.8) is 0 Å². The molecule has 25 heavy (non-hydrogen) atoms. The van der Waals surface area contributed by atoms with Crippen molar-refractivity contribution < 1.29 is 17.6 Å². The molecule has 0 fully saturated rings. The highest BCUT2D eigenvalue weighted by Gasteiger charge is 2.27. The average molecular weight is 352 g/mol. The predicted molar refractivity (Wildman–Crippen MR) is 93.8 cm³/mol. The normalized spacial score (nSPS) is 12.6. The number of hydrogen-bond donors (Lipinski definition) is 0. The summed E-state index contributed by atoms with van der Waals surface area (Å²) in [6.07, 6.45) is 0. The molecule has 2 aromatic carbocycles. The highest BCUT2D eigenvalue weighted by molar-refractivity contribution is 5.68. The van der Waals surface area contributed by atoms with E-state index < -0.39 is 34.4 Å². The molecule has 0 spiro atoms. The van der Waals surface area contributed by atoms with Crippen LogP contribution in [0, 0.1) is 30.2 Å². The first-order valence-electron chi connectivity index (χ1n) is 8.24. The SMILES string of the molecule is Cc1c(F)c(F)c(-c2cc(C(C)(C)C)cc(C(C)(C)C)c2)c(F)c1F. The van der Waals surface area contributed by atoms with Gasteiger partial charge in [0.25, 0.3) is 0 Å². The molecule has 0 aliphatic carbocycles. The molecule has 0 atom stereocenters. The number of halogens is 4. The minimum absolute atomic E-state index is 0.144. The second kappa shape index (κ2) is 6.15. The molecule has 0 aliphatic heterocycles. The van der Waals surface area contributed by atoms with Crippen molar-refractivity contribution in [1.29, 1.82) is 0 Å². The van der Waals surface area contributed by atoms with Crippen LogP contribution in [0.25, 0.3) is 11.1 Å². The maximum absolute atomic E-state index is 14.5. The molecular weight excluding hydrogens is 328 g/mol. The third-order valence-corrected chi connectivity index (χ3v) is 4.44. The lowest BCUT2D eigenvalue weighted by Gasteiger charge is -2.26. The summed E-state index contributed by atoms with van der Waals surface area (Å²) in [5.74, 6) is -5.43. The molecule has 0 aromatic heterocycles. The van der Waals surface area contributed by atoms with Crippen LogP contribution in [0.1, 0.15) is 58.2 Å². The molecule has 0 heterocycles. The van der Waals surface area contributed by atoms with Gasteiger partial charge in [-0.2, -0.15) is 0 Å². The first kappa shape index (κ1) is 19.5. The van der Waals surface area contributed by atoms with E-state index in [1.807, 2.05) is 47.6 Å². The second-order valence-corrected chi connectivity index (χ2v) is 8.55. The Morgan fingerprint density at radius 2 is 0.960 bits per heavy atom. The molecule has 2 aromatic rings. The lowest BCUT2D eigenvalue weighted by Crippen LogP contribution is -2.17. The van der Waals surface area contributed by atoms with Crippen LogP contribution in [0.5, 0.6) is 0 Å². The summed E-state index contributed by atoms with van der Waals surface area (Å²) in [6.45, 7) is 12.9. The van der Waals surface area contributed by atoms with Crippen LogP contribution in [0.4, 0.5) is 17.6 Å². The number of benzene rings is 2. The Morgan fingerprint density at radius 3 is 1.28 bits per heavy atom. The monoisotopic (exact) mass is 352 g/mol. The number of hydrogen-bond acceptors (Lipinski definition) is 0. The molecular formula is C21H24F4. The molecule has 0 nitrogen and oxygen atoms in total. The van der Waals surface area contributed by atoms with E-state index in [-0.39, 0.29) is 16.4 Å². The Kier molecular flexibility index (Phi) is 4.79. The quantitative estimate of drug-likeness (QED) is 0.390. The van der Waals surface area contributed by atoms with Crippen LogP contribution in [0.2, 0.25) is 0 Å². The molecule has 4 heteroatoms. The van der Waals surface area contributed by atoms with E-state index in [1.54, 1.807) is 12.1 Å². The fourth-order valence-electron chi connectivity index (χ4n) is 2.63. The first-order chi connectivity index (χ1) is 11.2. The van der Waals surface area contributed by atoms with E-state index in [4.69, 9.17) is 0 Å². The zero-order chi connectivity index (χ0) is 19.3. The fraction of sp³-hybridized carbons (Fsp3) is 0.429. The maximum Gasteiger partial charge on any atom is 0.170 e. The van der Waals surface area contributed by atoms with Crippen molar-refractivity contribution in [2.75, 3.05) is 0 Å². The van der Waals surface area contributed by atoms with Gasteiger partial charge < -0.3 is 0 Å². The largest absolute Gasteiger partial charge is 0.203 e. The fourth-order valence-corrected chi connectivity index (χ4v) is 2.63. The predicted octanol–water partition coefficient (Wildman–Crippen LogP) is 6.81. The smallest absolute Gasteiger partial charge is 0.170 e. The Morgan fingerprint density at radius 1 is 0.600 bits per heavy atom. The van der Waals surface area contributed by atoms with Crippen molar-refractivity contribution >= 4 is 0 Å². The highest BCUT2D eigenvalue weighted by atomic mass is 19.2. The molecule has 0 bridgehead atoms. The van der Waals surface area contributed by atoms with Crippen LogP contribution in [-0.2, 0) is 10.8 Å². The third kappa shape index (κ3) is 3.58. The van der Waals surface area contributed by atoms with Crippen LogP contribution < -0.4 is 0 Å². The van der Waals surface area contributed by atoms with Crippen molar-refractivity contribution in [3.05, 3.63) is 58.2 Å². The van der Waals surface area contributed by atoms with Crippen LogP contribution in [-0.4, -0.2) is 0 Å². The summed E-state index contributed by atoms with van der Waals surface area (Å²) in [6, 6.07) is 5.18. The Hall–Kier alpha value is -1.84. The van der Waals surface area contributed by atoms with Gasteiger partial charge in [0.15, 0.2) is 23.3 Å². The van der Waals surface area contributed by atoms with Gasteiger partial charge in [0, 0.05) is 5.56 Å². The summed E-state index contributed by atoms with van der Waals surface area (Å²) in [5.41, 5.74) is -0.0514. The molecule has 0 amide bonds. The minimum atomic E-state index is -1.36. The van der Waals surface area contributed by atoms with Gasteiger partial charge in [-0.05, 0) is 34.4 Å². The zero-order valence-corrected chi connectivity index (χ0v) is 15.7. The molecule has 0 radical (unpaired) electrons. The van der Waals surface area contributed by atoms with Gasteiger partial charge in [-0.3, -0.25) is 0 Å². The maximum atomic E-state index is 14.5. The Balaban J connectivity index is 2.89. The topological polar surface area (TPSA) is 0 Å². The third-order valence-electron chi connectivity index (χ3n) is 4.44. The molecule has 2 rings (SSSR count). The van der Waals surface area contributed by atoms with Gasteiger partial charge in [0.1, 0.15) is 0 Å². The van der Waals surface area contributed by atoms with Crippen LogP contribution >= 0.6 is 0 Å². The first-order valence-corrected chi connectivity index (χ1v) is 8.24. The minimum Gasteiger partial charge on any atom is -0.203 e. The highest BCUT2D eigenvalue weighted by Crippen LogP contribution is 2.37. The molecule has 136 valence electrons. The van der Waals surface area contributed by atoms with Gasteiger partial charge >= 0.3 is 0 Å². The van der Waals surface area contributed by atoms with Gasteiger partial charge in [-0.25, -0.2) is 17.6 Å². The lowest BCUT2D eigenvalue weighted by molar-refractivity contribution is 0.449.